The first-order chi connectivity index (χ1) is 16.5. The lowest BCUT2D eigenvalue weighted by atomic mass is 10.0. The van der Waals surface area contributed by atoms with Crippen LogP contribution in [-0.4, -0.2) is 22.8 Å². The Balaban J connectivity index is 1.50. The zero-order valence-electron chi connectivity index (χ0n) is 19.9. The average Bonchev–Trinajstić information content (AvgIpc) is 2.86. The van der Waals surface area contributed by atoms with Crippen molar-refractivity contribution in [3.8, 4) is 28.1 Å². The lowest BCUT2D eigenvalue weighted by Gasteiger charge is -2.12. The van der Waals surface area contributed by atoms with Gasteiger partial charge in [-0.1, -0.05) is 62.2 Å². The van der Waals surface area contributed by atoms with Crippen molar-refractivity contribution in [3.63, 3.8) is 0 Å². The van der Waals surface area contributed by atoms with Crippen LogP contribution in [0.15, 0.2) is 60.8 Å². The predicted molar refractivity (Wildman–Crippen MR) is 135 cm³/mol. The summed E-state index contributed by atoms with van der Waals surface area (Å²) in [6.45, 7) is 5.21. The number of phenols is 1. The second-order valence-corrected chi connectivity index (χ2v) is 8.54. The number of allylic oxidation sites excluding steroid dienone is 1. The highest BCUT2D eigenvalue weighted by Gasteiger charge is 2.15. The number of aromatic nitrogens is 1. The Labute approximate surface area is 201 Å². The molecule has 34 heavy (non-hydrogen) atoms. The highest BCUT2D eigenvalue weighted by atomic mass is 19.2. The Morgan fingerprint density at radius 2 is 1.71 bits per heavy atom. The van der Waals surface area contributed by atoms with E-state index in [9.17, 15) is 13.9 Å². The smallest absolute Gasteiger partial charge is 0.201 e. The fourth-order valence-corrected chi connectivity index (χ4v) is 3.71. The van der Waals surface area contributed by atoms with Crippen LogP contribution in [0.2, 0.25) is 0 Å². The van der Waals surface area contributed by atoms with Gasteiger partial charge in [0.05, 0.1) is 11.8 Å². The molecule has 0 aliphatic carbocycles. The molecule has 1 aromatic heterocycles. The Hall–Kier alpha value is -3.05. The first-order valence-electron chi connectivity index (χ1n) is 12.0. The van der Waals surface area contributed by atoms with Crippen molar-refractivity contribution >= 4 is 6.08 Å². The molecule has 0 aliphatic heterocycles. The molecule has 0 saturated heterocycles. The SMILES string of the molecule is CCCCCOC(C)CCCC=Cc1ccc(-c2ccc(-c3ccc(O)c(F)c3F)nc2)cc1. The van der Waals surface area contributed by atoms with Crippen molar-refractivity contribution in [2.75, 3.05) is 6.61 Å². The molecule has 1 heterocycles. The third-order valence-electron chi connectivity index (χ3n) is 5.79. The van der Waals surface area contributed by atoms with Crippen LogP contribution < -0.4 is 0 Å². The van der Waals surface area contributed by atoms with Gasteiger partial charge in [0.25, 0.3) is 0 Å². The number of ether oxygens (including phenoxy) is 1. The summed E-state index contributed by atoms with van der Waals surface area (Å²) >= 11 is 0. The second-order valence-electron chi connectivity index (χ2n) is 8.54. The average molecular weight is 466 g/mol. The normalized spacial score (nSPS) is 12.4. The van der Waals surface area contributed by atoms with Gasteiger partial charge in [0.1, 0.15) is 0 Å². The van der Waals surface area contributed by atoms with Crippen LogP contribution in [0.5, 0.6) is 5.75 Å². The molecule has 0 aliphatic rings. The molecule has 1 unspecified atom stereocenters. The molecule has 0 amide bonds. The van der Waals surface area contributed by atoms with Crippen LogP contribution in [0.1, 0.15) is 57.9 Å². The summed E-state index contributed by atoms with van der Waals surface area (Å²) in [4.78, 5) is 4.28. The lowest BCUT2D eigenvalue weighted by molar-refractivity contribution is 0.0566. The maximum Gasteiger partial charge on any atom is 0.201 e. The number of nitrogens with zero attached hydrogens (tertiary/aromatic N) is 1. The van der Waals surface area contributed by atoms with Crippen molar-refractivity contribution < 1.29 is 18.6 Å². The topological polar surface area (TPSA) is 42.4 Å². The van der Waals surface area contributed by atoms with Crippen LogP contribution in [-0.2, 0) is 4.74 Å². The van der Waals surface area contributed by atoms with Gasteiger partial charge in [-0.25, -0.2) is 4.39 Å². The maximum atomic E-state index is 14.1. The molecule has 0 saturated carbocycles. The van der Waals surface area contributed by atoms with Gasteiger partial charge >= 0.3 is 0 Å². The first-order valence-corrected chi connectivity index (χ1v) is 12.0. The number of aromatic hydroxyl groups is 1. The van der Waals surface area contributed by atoms with Crippen LogP contribution in [0.25, 0.3) is 28.5 Å². The van der Waals surface area contributed by atoms with Gasteiger partial charge in [0.15, 0.2) is 11.6 Å². The molecule has 3 nitrogen and oxygen atoms in total. The molecule has 5 heteroatoms. The van der Waals surface area contributed by atoms with Crippen LogP contribution >= 0.6 is 0 Å². The zero-order chi connectivity index (χ0) is 24.3. The van der Waals surface area contributed by atoms with E-state index in [-0.39, 0.29) is 5.56 Å². The van der Waals surface area contributed by atoms with Crippen molar-refractivity contribution in [1.29, 1.82) is 0 Å². The first kappa shape index (κ1) is 25.6. The molecule has 0 fully saturated rings. The van der Waals surface area contributed by atoms with E-state index < -0.39 is 17.4 Å². The van der Waals surface area contributed by atoms with E-state index >= 15 is 0 Å². The monoisotopic (exact) mass is 465 g/mol. The van der Waals surface area contributed by atoms with Gasteiger partial charge in [0, 0.05) is 23.9 Å². The highest BCUT2D eigenvalue weighted by molar-refractivity contribution is 5.68. The quantitative estimate of drug-likeness (QED) is 0.274. The molecule has 0 radical (unpaired) electrons. The number of rotatable bonds is 12. The molecule has 3 rings (SSSR count). The van der Waals surface area contributed by atoms with E-state index in [0.29, 0.717) is 11.8 Å². The lowest BCUT2D eigenvalue weighted by Crippen LogP contribution is -2.08. The van der Waals surface area contributed by atoms with Crippen molar-refractivity contribution in [2.45, 2.75) is 58.5 Å². The molecule has 180 valence electrons. The number of hydrogen-bond acceptors (Lipinski definition) is 3. The number of phenolic OH excluding ortho intramolecular Hbond substituents is 1. The molecule has 0 bridgehead atoms. The van der Waals surface area contributed by atoms with E-state index in [2.05, 4.69) is 31.0 Å². The van der Waals surface area contributed by atoms with Crippen molar-refractivity contribution in [3.05, 3.63) is 78.0 Å². The molecule has 2 aromatic carbocycles. The maximum absolute atomic E-state index is 14.1. The molecular formula is C29H33F2NO2. The minimum atomic E-state index is -1.27. The van der Waals surface area contributed by atoms with Crippen LogP contribution in [0.4, 0.5) is 8.78 Å². The third-order valence-corrected chi connectivity index (χ3v) is 5.79. The van der Waals surface area contributed by atoms with E-state index in [4.69, 9.17) is 4.74 Å². The van der Waals surface area contributed by atoms with Crippen LogP contribution in [0.3, 0.4) is 0 Å². The summed E-state index contributed by atoms with van der Waals surface area (Å²) in [5.41, 5.74) is 3.31. The van der Waals surface area contributed by atoms with Crippen molar-refractivity contribution in [1.82, 2.24) is 4.98 Å². The minimum Gasteiger partial charge on any atom is -0.505 e. The summed E-state index contributed by atoms with van der Waals surface area (Å²) in [7, 11) is 0. The van der Waals surface area contributed by atoms with Crippen LogP contribution in [0, 0.1) is 11.6 Å². The van der Waals surface area contributed by atoms with E-state index in [1.54, 1.807) is 12.3 Å². The Kier molecular flexibility index (Phi) is 9.77. The Morgan fingerprint density at radius 3 is 2.41 bits per heavy atom. The summed E-state index contributed by atoms with van der Waals surface area (Å²) in [6, 6.07) is 14.0. The predicted octanol–water partition coefficient (Wildman–Crippen LogP) is 8.18. The van der Waals surface area contributed by atoms with E-state index in [1.807, 2.05) is 30.3 Å². The van der Waals surface area contributed by atoms with Gasteiger partial charge in [-0.05, 0) is 61.9 Å². The molecule has 3 aromatic rings. The fraction of sp³-hybridized carbons (Fsp3) is 0.345. The van der Waals surface area contributed by atoms with Gasteiger partial charge in [0.2, 0.25) is 5.82 Å². The summed E-state index contributed by atoms with van der Waals surface area (Å²) in [6.07, 6.45) is 13.1. The number of pyridine rings is 1. The highest BCUT2D eigenvalue weighted by Crippen LogP contribution is 2.29. The zero-order valence-corrected chi connectivity index (χ0v) is 19.9. The van der Waals surface area contributed by atoms with Crippen molar-refractivity contribution in [2.24, 2.45) is 0 Å². The molecule has 1 N–H and O–H groups in total. The number of hydrogen-bond donors (Lipinski definition) is 1. The summed E-state index contributed by atoms with van der Waals surface area (Å²) in [5, 5.41) is 9.29. The number of halogens is 2. The molecular weight excluding hydrogens is 432 g/mol. The summed E-state index contributed by atoms with van der Waals surface area (Å²) in [5.74, 6) is -3.09. The van der Waals surface area contributed by atoms with Gasteiger partial charge in [-0.2, -0.15) is 4.39 Å². The molecule has 0 spiro atoms. The minimum absolute atomic E-state index is 0.0137. The standard InChI is InChI=1S/C29H33F2NO2/c1-3-4-8-19-34-21(2)9-6-5-7-10-22-11-13-23(14-12-22)24-15-17-26(32-20-24)25-16-18-27(33)29(31)28(25)30/h7,10-18,20-21,33H,3-6,8-9,19H2,1-2H3. The van der Waals surface area contributed by atoms with Gasteiger partial charge in [-0.3, -0.25) is 4.98 Å². The number of benzene rings is 2. The third kappa shape index (κ3) is 7.22. The van der Waals surface area contributed by atoms with Gasteiger partial charge < -0.3 is 9.84 Å². The van der Waals surface area contributed by atoms with E-state index in [1.165, 1.54) is 18.9 Å². The largest absolute Gasteiger partial charge is 0.505 e. The second kappa shape index (κ2) is 13.0. The Morgan fingerprint density at radius 1 is 0.941 bits per heavy atom. The van der Waals surface area contributed by atoms with Gasteiger partial charge in [-0.15, -0.1) is 0 Å². The fourth-order valence-electron chi connectivity index (χ4n) is 3.71. The molecule has 1 atom stereocenters. The summed E-state index contributed by atoms with van der Waals surface area (Å²) < 4.78 is 33.6. The Bertz CT molecular complexity index is 1060. The number of unbranched alkanes of at least 4 members (excludes halogenated alkanes) is 3. The van der Waals surface area contributed by atoms with E-state index in [0.717, 1.165) is 55.0 Å².